The van der Waals surface area contributed by atoms with Crippen LogP contribution in [0, 0.1) is 5.82 Å². The van der Waals surface area contributed by atoms with Crippen molar-refractivity contribution in [2.45, 2.75) is 13.8 Å². The van der Waals surface area contributed by atoms with Gasteiger partial charge in [-0.05, 0) is 31.3 Å². The van der Waals surface area contributed by atoms with E-state index in [1.807, 2.05) is 12.1 Å². The summed E-state index contributed by atoms with van der Waals surface area (Å²) in [4.78, 5) is 21.7. The van der Waals surface area contributed by atoms with E-state index >= 15 is 0 Å². The molecule has 0 fully saturated rings. The number of anilines is 1. The Balaban J connectivity index is 0.00000256. The van der Waals surface area contributed by atoms with Crippen LogP contribution in [-0.2, 0) is 0 Å². The molecule has 1 aliphatic rings. The predicted octanol–water partition coefficient (Wildman–Crippen LogP) is 4.57. The molecule has 0 saturated carbocycles. The van der Waals surface area contributed by atoms with Crippen LogP contribution in [0.15, 0.2) is 36.4 Å². The van der Waals surface area contributed by atoms with Crippen molar-refractivity contribution in [2.75, 3.05) is 37.9 Å². The summed E-state index contributed by atoms with van der Waals surface area (Å²) in [6, 6.07) is 9.47. The van der Waals surface area contributed by atoms with Gasteiger partial charge in [0, 0.05) is 30.8 Å². The molecule has 0 atom stereocenters. The molecular formula is C21H23ClFN3O3S. The van der Waals surface area contributed by atoms with Gasteiger partial charge in [0.05, 0.1) is 10.2 Å². The Labute approximate surface area is 184 Å². The molecule has 0 unspecified atom stereocenters. The monoisotopic (exact) mass is 451 g/mol. The highest BCUT2D eigenvalue weighted by atomic mass is 35.5. The van der Waals surface area contributed by atoms with E-state index in [-0.39, 0.29) is 25.1 Å². The third-order valence-corrected chi connectivity index (χ3v) is 5.99. The van der Waals surface area contributed by atoms with Crippen molar-refractivity contribution in [3.8, 4) is 11.5 Å². The Kier molecular flexibility index (Phi) is 7.12. The van der Waals surface area contributed by atoms with E-state index in [1.54, 1.807) is 17.0 Å². The van der Waals surface area contributed by atoms with Gasteiger partial charge in [0.15, 0.2) is 16.6 Å². The molecule has 0 aliphatic carbocycles. The lowest BCUT2D eigenvalue weighted by Gasteiger charge is -2.24. The van der Waals surface area contributed by atoms with Gasteiger partial charge in [0.1, 0.15) is 5.82 Å². The van der Waals surface area contributed by atoms with Crippen molar-refractivity contribution in [1.82, 2.24) is 9.88 Å². The molecule has 2 aromatic carbocycles. The fourth-order valence-corrected chi connectivity index (χ4v) is 4.26. The molecule has 4 rings (SSSR count). The lowest BCUT2D eigenvalue weighted by molar-refractivity contribution is 0.0983. The summed E-state index contributed by atoms with van der Waals surface area (Å²) in [6.07, 6.45) is 0. The molecule has 160 valence electrons. The van der Waals surface area contributed by atoms with Crippen molar-refractivity contribution in [3.05, 3.63) is 47.8 Å². The lowest BCUT2D eigenvalue weighted by atomic mass is 10.2. The van der Waals surface area contributed by atoms with Gasteiger partial charge in [-0.3, -0.25) is 9.69 Å². The number of thiazole rings is 1. The van der Waals surface area contributed by atoms with Crippen molar-refractivity contribution in [3.63, 3.8) is 0 Å². The van der Waals surface area contributed by atoms with Crippen LogP contribution in [0.25, 0.3) is 10.2 Å². The number of hydrogen-bond donors (Lipinski definition) is 0. The van der Waals surface area contributed by atoms with E-state index in [2.05, 4.69) is 23.7 Å². The first-order chi connectivity index (χ1) is 14.1. The van der Waals surface area contributed by atoms with Crippen LogP contribution >= 0.6 is 23.7 Å². The lowest BCUT2D eigenvalue weighted by Crippen LogP contribution is -2.38. The quantitative estimate of drug-likeness (QED) is 0.526. The summed E-state index contributed by atoms with van der Waals surface area (Å²) in [7, 11) is 0. The molecular weight excluding hydrogens is 429 g/mol. The van der Waals surface area contributed by atoms with Crippen LogP contribution in [0.4, 0.5) is 9.52 Å². The molecule has 1 aliphatic heterocycles. The smallest absolute Gasteiger partial charge is 0.260 e. The molecule has 9 heteroatoms. The maximum atomic E-state index is 13.7. The van der Waals surface area contributed by atoms with Crippen LogP contribution in [0.2, 0.25) is 0 Å². The number of nitrogens with zero attached hydrogens (tertiary/aromatic N) is 3. The maximum absolute atomic E-state index is 13.7. The second-order valence-electron chi connectivity index (χ2n) is 6.66. The van der Waals surface area contributed by atoms with Gasteiger partial charge in [-0.2, -0.15) is 0 Å². The van der Waals surface area contributed by atoms with E-state index in [0.717, 1.165) is 23.3 Å². The highest BCUT2D eigenvalue weighted by molar-refractivity contribution is 7.22. The molecule has 1 aromatic heterocycles. The van der Waals surface area contributed by atoms with Crippen LogP contribution in [0.3, 0.4) is 0 Å². The first-order valence-electron chi connectivity index (χ1n) is 9.59. The van der Waals surface area contributed by atoms with E-state index in [4.69, 9.17) is 9.47 Å². The number of hydrogen-bond acceptors (Lipinski definition) is 6. The van der Waals surface area contributed by atoms with Crippen molar-refractivity contribution < 1.29 is 18.7 Å². The van der Waals surface area contributed by atoms with E-state index in [9.17, 15) is 9.18 Å². The number of halogens is 2. The fourth-order valence-electron chi connectivity index (χ4n) is 3.26. The number of carbonyl (C=O) groups excluding carboxylic acids is 1. The normalized spacial score (nSPS) is 12.3. The molecule has 0 N–H and O–H groups in total. The summed E-state index contributed by atoms with van der Waals surface area (Å²) < 4.78 is 25.5. The minimum absolute atomic E-state index is 0. The molecule has 0 radical (unpaired) electrons. The first-order valence-corrected chi connectivity index (χ1v) is 10.4. The van der Waals surface area contributed by atoms with E-state index in [1.165, 1.54) is 23.5 Å². The van der Waals surface area contributed by atoms with Crippen molar-refractivity contribution in [1.29, 1.82) is 0 Å². The zero-order chi connectivity index (χ0) is 20.4. The molecule has 0 saturated heterocycles. The third-order valence-electron chi connectivity index (χ3n) is 4.95. The first kappa shape index (κ1) is 22.3. The van der Waals surface area contributed by atoms with Crippen LogP contribution in [-0.4, -0.2) is 48.8 Å². The zero-order valence-corrected chi connectivity index (χ0v) is 18.4. The Hall–Kier alpha value is -2.42. The molecule has 3 aromatic rings. The van der Waals surface area contributed by atoms with Gasteiger partial charge in [0.25, 0.3) is 5.91 Å². The Bertz CT molecular complexity index is 1000. The number of fused-ring (bicyclic) bond motifs is 2. The van der Waals surface area contributed by atoms with Crippen LogP contribution < -0.4 is 14.4 Å². The van der Waals surface area contributed by atoms with Gasteiger partial charge in [0.2, 0.25) is 6.79 Å². The SMILES string of the molecule is CCN(CC)CCN(C(=O)c1cccc(F)c1)c1nc2cc3c(cc2s1)OCO3.Cl. The second-order valence-corrected chi connectivity index (χ2v) is 7.67. The van der Waals surface area contributed by atoms with Gasteiger partial charge in [-0.15, -0.1) is 12.4 Å². The molecule has 6 nitrogen and oxygen atoms in total. The third kappa shape index (κ3) is 4.50. The summed E-state index contributed by atoms with van der Waals surface area (Å²) >= 11 is 1.41. The number of likely N-dealkylation sites (N-methyl/N-ethyl adjacent to an activating group) is 1. The van der Waals surface area contributed by atoms with Crippen LogP contribution in [0.1, 0.15) is 24.2 Å². The average molecular weight is 452 g/mol. The topological polar surface area (TPSA) is 54.9 Å². The number of amides is 1. The molecule has 0 bridgehead atoms. The second kappa shape index (κ2) is 9.59. The molecule has 30 heavy (non-hydrogen) atoms. The number of ether oxygens (including phenoxy) is 2. The minimum atomic E-state index is -0.436. The zero-order valence-electron chi connectivity index (χ0n) is 16.8. The highest BCUT2D eigenvalue weighted by Gasteiger charge is 2.24. The Morgan fingerprint density at radius 3 is 2.57 bits per heavy atom. The van der Waals surface area contributed by atoms with Crippen molar-refractivity contribution in [2.24, 2.45) is 0 Å². The molecule has 0 spiro atoms. The highest BCUT2D eigenvalue weighted by Crippen LogP contribution is 2.40. The van der Waals surface area contributed by atoms with Gasteiger partial charge in [-0.1, -0.05) is 31.3 Å². The summed E-state index contributed by atoms with van der Waals surface area (Å²) in [6.45, 7) is 7.31. The largest absolute Gasteiger partial charge is 0.454 e. The van der Waals surface area contributed by atoms with E-state index < -0.39 is 5.82 Å². The number of carbonyl (C=O) groups is 1. The van der Waals surface area contributed by atoms with Gasteiger partial charge >= 0.3 is 0 Å². The van der Waals surface area contributed by atoms with Gasteiger partial charge < -0.3 is 14.4 Å². The summed E-state index contributed by atoms with van der Waals surface area (Å²) in [5, 5.41) is 0.574. The number of benzene rings is 2. The summed E-state index contributed by atoms with van der Waals surface area (Å²) in [5.41, 5.74) is 1.05. The Morgan fingerprint density at radius 1 is 1.13 bits per heavy atom. The molecule has 2 heterocycles. The number of aromatic nitrogens is 1. The molecule has 1 amide bonds. The fraction of sp³-hybridized carbons (Fsp3) is 0.333. The minimum Gasteiger partial charge on any atom is -0.454 e. The standard InChI is InChI=1S/C21H22FN3O3S.ClH/c1-3-24(4-2)8-9-25(20(26)14-6-5-7-15(22)10-14)21-23-16-11-17-18(28-13-27-17)12-19(16)29-21;/h5-7,10-12H,3-4,8-9,13H2,1-2H3;1H. The summed E-state index contributed by atoms with van der Waals surface area (Å²) in [5.74, 6) is 0.629. The number of rotatable bonds is 7. The van der Waals surface area contributed by atoms with Crippen LogP contribution in [0.5, 0.6) is 11.5 Å². The average Bonchev–Trinajstić information content (AvgIpc) is 3.34. The van der Waals surface area contributed by atoms with E-state index in [0.29, 0.717) is 35.3 Å². The van der Waals surface area contributed by atoms with Gasteiger partial charge in [-0.25, -0.2) is 9.37 Å². The maximum Gasteiger partial charge on any atom is 0.260 e. The van der Waals surface area contributed by atoms with Crippen molar-refractivity contribution >= 4 is 45.0 Å². The Morgan fingerprint density at radius 2 is 1.87 bits per heavy atom. The predicted molar refractivity (Wildman–Crippen MR) is 119 cm³/mol.